The number of carbonyl (C=O) groups is 2. The molecule has 0 heterocycles. The Morgan fingerprint density at radius 1 is 1.31 bits per heavy atom. The maximum absolute atomic E-state index is 12.8. The van der Waals surface area contributed by atoms with Gasteiger partial charge in [-0.15, -0.1) is 0 Å². The molecule has 0 saturated heterocycles. The number of hydrogen-bond donors (Lipinski definition) is 2. The summed E-state index contributed by atoms with van der Waals surface area (Å²) in [6, 6.07) is 6.52. The molecule has 1 aliphatic carbocycles. The number of ether oxygens (including phenoxy) is 1. The summed E-state index contributed by atoms with van der Waals surface area (Å²) in [4.78, 5) is 29.4. The zero-order valence-electron chi connectivity index (χ0n) is 15.6. The number of aromatic hydroxyl groups is 1. The number of hydrogen-bond acceptors (Lipinski definition) is 6. The third-order valence-electron chi connectivity index (χ3n) is 4.56. The Morgan fingerprint density at radius 3 is 2.54 bits per heavy atom. The molecule has 2 N–H and O–H groups in total. The van der Waals surface area contributed by atoms with Crippen LogP contribution in [0.15, 0.2) is 40.6 Å². The molecule has 6 heteroatoms. The van der Waals surface area contributed by atoms with Crippen LogP contribution in [0.5, 0.6) is 5.75 Å². The zero-order chi connectivity index (χ0) is 19.5. The van der Waals surface area contributed by atoms with Crippen LogP contribution in [0.25, 0.3) is 0 Å². The summed E-state index contributed by atoms with van der Waals surface area (Å²) in [5.74, 6) is -2.12. The maximum atomic E-state index is 12.8. The molecule has 0 bridgehead atoms. The van der Waals surface area contributed by atoms with Gasteiger partial charge in [-0.05, 0) is 24.0 Å². The summed E-state index contributed by atoms with van der Waals surface area (Å²) < 4.78 is 4.83. The highest BCUT2D eigenvalue weighted by atomic mass is 16.5. The van der Waals surface area contributed by atoms with Crippen molar-refractivity contribution in [1.29, 1.82) is 0 Å². The van der Waals surface area contributed by atoms with Crippen LogP contribution < -0.4 is 0 Å². The van der Waals surface area contributed by atoms with E-state index in [-0.39, 0.29) is 29.3 Å². The summed E-state index contributed by atoms with van der Waals surface area (Å²) in [6.07, 6.45) is 1.20. The van der Waals surface area contributed by atoms with Gasteiger partial charge in [-0.2, -0.15) is 0 Å². The van der Waals surface area contributed by atoms with Gasteiger partial charge in [-0.3, -0.25) is 9.59 Å². The monoisotopic (exact) mass is 359 g/mol. The van der Waals surface area contributed by atoms with Crippen LogP contribution in [-0.4, -0.2) is 34.8 Å². The number of phenolic OH excluding ortho intramolecular Hbond substituents is 1. The highest BCUT2D eigenvalue weighted by molar-refractivity contribution is 6.24. The highest BCUT2D eigenvalue weighted by Gasteiger charge is 2.47. The lowest BCUT2D eigenvalue weighted by molar-refractivity contribution is -0.150. The van der Waals surface area contributed by atoms with Crippen LogP contribution in [0.4, 0.5) is 5.69 Å². The number of esters is 1. The first-order valence-electron chi connectivity index (χ1n) is 8.63. The lowest BCUT2D eigenvalue weighted by Crippen LogP contribution is -2.41. The third kappa shape index (κ3) is 3.79. The molecule has 1 atom stereocenters. The molecule has 0 amide bonds. The second-order valence-corrected chi connectivity index (χ2v) is 7.10. The SMILES string of the molecule is CCCC(=Nc1ccccc1O)C1=C(O)C(C(=O)OC)C(C)(C)CC1=O. The zero-order valence-corrected chi connectivity index (χ0v) is 15.6. The second-order valence-electron chi connectivity index (χ2n) is 7.10. The molecule has 1 unspecified atom stereocenters. The van der Waals surface area contributed by atoms with Crippen LogP contribution in [0.3, 0.4) is 0 Å². The molecule has 1 aromatic carbocycles. The van der Waals surface area contributed by atoms with E-state index in [0.717, 1.165) is 0 Å². The van der Waals surface area contributed by atoms with E-state index in [2.05, 4.69) is 4.99 Å². The van der Waals surface area contributed by atoms with E-state index in [9.17, 15) is 19.8 Å². The van der Waals surface area contributed by atoms with Gasteiger partial charge in [0.15, 0.2) is 5.78 Å². The fraction of sp³-hybridized carbons (Fsp3) is 0.450. The number of aliphatic hydroxyl groups excluding tert-OH is 1. The number of aliphatic imine (C=N–C) groups is 1. The van der Waals surface area contributed by atoms with Crippen LogP contribution in [-0.2, 0) is 14.3 Å². The van der Waals surface area contributed by atoms with Gasteiger partial charge in [-0.25, -0.2) is 4.99 Å². The molecule has 0 spiro atoms. The highest BCUT2D eigenvalue weighted by Crippen LogP contribution is 2.43. The van der Waals surface area contributed by atoms with Crippen molar-refractivity contribution in [2.45, 2.75) is 40.0 Å². The summed E-state index contributed by atoms with van der Waals surface area (Å²) in [6.45, 7) is 5.42. The Morgan fingerprint density at radius 2 is 1.96 bits per heavy atom. The predicted octanol–water partition coefficient (Wildman–Crippen LogP) is 3.87. The number of ketones is 1. The molecule has 6 nitrogen and oxygen atoms in total. The standard InChI is InChI=1S/C20H25NO5/c1-5-8-13(21-12-9-6-7-10-14(12)22)16-15(23)11-20(2,3)17(18(16)24)19(25)26-4/h6-7,9-10,17,22,24H,5,8,11H2,1-4H3. The van der Waals surface area contributed by atoms with E-state index in [0.29, 0.717) is 24.2 Å². The Hall–Kier alpha value is -2.63. The predicted molar refractivity (Wildman–Crippen MR) is 98.7 cm³/mol. The molecule has 2 rings (SSSR count). The molecule has 140 valence electrons. The van der Waals surface area contributed by atoms with Crippen molar-refractivity contribution >= 4 is 23.2 Å². The minimum absolute atomic E-state index is 0.0192. The fourth-order valence-corrected chi connectivity index (χ4v) is 3.30. The smallest absolute Gasteiger partial charge is 0.316 e. The summed E-state index contributed by atoms with van der Waals surface area (Å²) in [5, 5.41) is 20.8. The molecule has 0 saturated carbocycles. The molecule has 1 aromatic rings. The van der Waals surface area contributed by atoms with Gasteiger partial charge in [0, 0.05) is 6.42 Å². The normalized spacial score (nSPS) is 20.2. The van der Waals surface area contributed by atoms with Crippen LogP contribution in [0.2, 0.25) is 0 Å². The number of methoxy groups -OCH3 is 1. The van der Waals surface area contributed by atoms with Crippen LogP contribution in [0, 0.1) is 11.3 Å². The van der Waals surface area contributed by atoms with Gasteiger partial charge in [0.05, 0.1) is 18.4 Å². The molecule has 26 heavy (non-hydrogen) atoms. The number of benzene rings is 1. The third-order valence-corrected chi connectivity index (χ3v) is 4.56. The molecule has 0 aliphatic heterocycles. The van der Waals surface area contributed by atoms with Crippen molar-refractivity contribution in [3.8, 4) is 5.75 Å². The van der Waals surface area contributed by atoms with E-state index in [1.165, 1.54) is 13.2 Å². The van der Waals surface area contributed by atoms with Crippen molar-refractivity contribution in [2.24, 2.45) is 16.3 Å². The number of Topliss-reactive ketones (excluding diaryl/α,β-unsaturated/α-hetero) is 1. The van der Waals surface area contributed by atoms with Crippen molar-refractivity contribution in [2.75, 3.05) is 7.11 Å². The Labute approximate surface area is 153 Å². The molecule has 0 fully saturated rings. The van der Waals surface area contributed by atoms with Crippen molar-refractivity contribution < 1.29 is 24.5 Å². The molecule has 0 aromatic heterocycles. The number of allylic oxidation sites excluding steroid dienone is 1. The number of rotatable bonds is 5. The minimum atomic E-state index is -0.938. The second kappa shape index (κ2) is 7.72. The summed E-state index contributed by atoms with van der Waals surface area (Å²) in [7, 11) is 1.25. The first-order valence-corrected chi connectivity index (χ1v) is 8.63. The number of phenols is 1. The summed E-state index contributed by atoms with van der Waals surface area (Å²) >= 11 is 0. The molecule has 1 aliphatic rings. The first-order chi connectivity index (χ1) is 12.2. The Kier molecular flexibility index (Phi) is 5.85. The van der Waals surface area contributed by atoms with Gasteiger partial charge in [0.25, 0.3) is 0 Å². The quantitative estimate of drug-likeness (QED) is 0.614. The molecular weight excluding hydrogens is 334 g/mol. The maximum Gasteiger partial charge on any atom is 0.316 e. The van der Waals surface area contributed by atoms with E-state index >= 15 is 0 Å². The number of aliphatic hydroxyl groups is 1. The van der Waals surface area contributed by atoms with Crippen LogP contribution in [0.1, 0.15) is 40.0 Å². The minimum Gasteiger partial charge on any atom is -0.511 e. The van der Waals surface area contributed by atoms with Gasteiger partial charge in [-0.1, -0.05) is 39.3 Å². The van der Waals surface area contributed by atoms with E-state index < -0.39 is 17.3 Å². The van der Waals surface area contributed by atoms with Gasteiger partial charge in [0.2, 0.25) is 0 Å². The molecule has 0 radical (unpaired) electrons. The van der Waals surface area contributed by atoms with E-state index in [1.54, 1.807) is 32.0 Å². The largest absolute Gasteiger partial charge is 0.511 e. The lowest BCUT2D eigenvalue weighted by Gasteiger charge is -2.36. The van der Waals surface area contributed by atoms with E-state index in [4.69, 9.17) is 4.74 Å². The van der Waals surface area contributed by atoms with E-state index in [1.807, 2.05) is 6.92 Å². The number of carbonyl (C=O) groups excluding carboxylic acids is 2. The van der Waals surface area contributed by atoms with Crippen molar-refractivity contribution in [3.63, 3.8) is 0 Å². The van der Waals surface area contributed by atoms with Gasteiger partial charge in [0.1, 0.15) is 23.1 Å². The lowest BCUT2D eigenvalue weighted by atomic mass is 9.67. The number of nitrogens with zero attached hydrogens (tertiary/aromatic N) is 1. The molecular formula is C20H25NO5. The Balaban J connectivity index is 2.64. The van der Waals surface area contributed by atoms with Gasteiger partial charge >= 0.3 is 5.97 Å². The average Bonchev–Trinajstić information content (AvgIpc) is 2.55. The first kappa shape index (κ1) is 19.7. The average molecular weight is 359 g/mol. The van der Waals surface area contributed by atoms with Gasteiger partial charge < -0.3 is 14.9 Å². The van der Waals surface area contributed by atoms with Crippen molar-refractivity contribution in [1.82, 2.24) is 0 Å². The number of para-hydroxylation sites is 2. The van der Waals surface area contributed by atoms with Crippen LogP contribution >= 0.6 is 0 Å². The fourth-order valence-electron chi connectivity index (χ4n) is 3.30. The van der Waals surface area contributed by atoms with Crippen molar-refractivity contribution in [3.05, 3.63) is 35.6 Å². The summed E-state index contributed by atoms with van der Waals surface area (Å²) in [5.41, 5.74) is -0.0292. The Bertz CT molecular complexity index is 776. The topological polar surface area (TPSA) is 96.2 Å².